The molecule has 0 heterocycles. The fourth-order valence-electron chi connectivity index (χ4n) is 2.01. The summed E-state index contributed by atoms with van der Waals surface area (Å²) in [6, 6.07) is 5.53. The fraction of sp³-hybridized carbons (Fsp3) is 0.533. The van der Waals surface area contributed by atoms with Crippen LogP contribution in [0.2, 0.25) is 0 Å². The first-order valence-electron chi connectivity index (χ1n) is 6.37. The highest BCUT2D eigenvalue weighted by atomic mass is 16.5. The van der Waals surface area contributed by atoms with Crippen molar-refractivity contribution in [1.82, 2.24) is 0 Å². The maximum absolute atomic E-state index is 10.2. The molecule has 0 bridgehead atoms. The topological polar surface area (TPSA) is 71.7 Å². The predicted molar refractivity (Wildman–Crippen MR) is 75.3 cm³/mol. The molecule has 0 radical (unpaired) electrons. The van der Waals surface area contributed by atoms with Gasteiger partial charge in [0, 0.05) is 0 Å². The Morgan fingerprint density at radius 2 is 1.55 bits per heavy atom. The molecule has 0 aliphatic carbocycles. The van der Waals surface area contributed by atoms with Crippen LogP contribution in [0.1, 0.15) is 25.3 Å². The Morgan fingerprint density at radius 1 is 1.05 bits per heavy atom. The SMILES string of the molecule is COc1cc(C(C#N)C(O)C(C)C)cc(OC)c1OC. The van der Waals surface area contributed by atoms with Gasteiger partial charge in [0.15, 0.2) is 11.5 Å². The molecule has 0 spiro atoms. The largest absolute Gasteiger partial charge is 0.493 e. The van der Waals surface area contributed by atoms with E-state index in [9.17, 15) is 10.4 Å². The Kier molecular flexibility index (Phi) is 5.66. The van der Waals surface area contributed by atoms with Crippen LogP contribution in [0.3, 0.4) is 0 Å². The maximum atomic E-state index is 10.2. The molecule has 0 saturated carbocycles. The van der Waals surface area contributed by atoms with Gasteiger partial charge < -0.3 is 19.3 Å². The van der Waals surface area contributed by atoms with Crippen molar-refractivity contribution in [3.8, 4) is 23.3 Å². The van der Waals surface area contributed by atoms with E-state index in [1.165, 1.54) is 21.3 Å². The minimum absolute atomic E-state index is 0.0289. The van der Waals surface area contributed by atoms with Crippen molar-refractivity contribution in [1.29, 1.82) is 5.26 Å². The Hall–Kier alpha value is -1.93. The van der Waals surface area contributed by atoms with E-state index in [0.29, 0.717) is 22.8 Å². The quantitative estimate of drug-likeness (QED) is 0.865. The van der Waals surface area contributed by atoms with Crippen LogP contribution in [0.25, 0.3) is 0 Å². The Bertz CT molecular complexity index is 468. The first-order chi connectivity index (χ1) is 9.49. The van der Waals surface area contributed by atoms with Crippen molar-refractivity contribution in [3.05, 3.63) is 17.7 Å². The molecule has 1 N–H and O–H groups in total. The number of rotatable bonds is 6. The number of ether oxygens (including phenoxy) is 3. The van der Waals surface area contributed by atoms with Crippen molar-refractivity contribution in [3.63, 3.8) is 0 Å². The van der Waals surface area contributed by atoms with Crippen LogP contribution < -0.4 is 14.2 Å². The lowest BCUT2D eigenvalue weighted by Gasteiger charge is -2.22. The van der Waals surface area contributed by atoms with E-state index in [-0.39, 0.29) is 5.92 Å². The molecule has 0 amide bonds. The summed E-state index contributed by atoms with van der Waals surface area (Å²) in [5.74, 6) is 0.730. The summed E-state index contributed by atoms with van der Waals surface area (Å²) in [5, 5.41) is 19.5. The summed E-state index contributed by atoms with van der Waals surface area (Å²) >= 11 is 0. The number of nitrogens with zero attached hydrogens (tertiary/aromatic N) is 1. The summed E-state index contributed by atoms with van der Waals surface area (Å²) in [6.07, 6.45) is -0.761. The van der Waals surface area contributed by atoms with Gasteiger partial charge in [0.25, 0.3) is 0 Å². The van der Waals surface area contributed by atoms with Crippen molar-refractivity contribution >= 4 is 0 Å². The lowest BCUT2D eigenvalue weighted by atomic mass is 9.88. The monoisotopic (exact) mass is 279 g/mol. The first kappa shape index (κ1) is 16.1. The van der Waals surface area contributed by atoms with Gasteiger partial charge in [0.05, 0.1) is 39.4 Å². The molecule has 1 aromatic carbocycles. The third-order valence-electron chi connectivity index (χ3n) is 3.21. The highest BCUT2D eigenvalue weighted by Gasteiger charge is 2.26. The van der Waals surface area contributed by atoms with Crippen LogP contribution in [-0.4, -0.2) is 32.5 Å². The van der Waals surface area contributed by atoms with Crippen molar-refractivity contribution in [2.45, 2.75) is 25.9 Å². The zero-order valence-electron chi connectivity index (χ0n) is 12.5. The number of benzene rings is 1. The van der Waals surface area contributed by atoms with E-state index in [1.54, 1.807) is 12.1 Å². The molecule has 2 unspecified atom stereocenters. The highest BCUT2D eigenvalue weighted by Crippen LogP contribution is 2.40. The first-order valence-corrected chi connectivity index (χ1v) is 6.37. The second-order valence-corrected chi connectivity index (χ2v) is 4.80. The predicted octanol–water partition coefficient (Wildman–Crippen LogP) is 2.34. The van der Waals surface area contributed by atoms with Gasteiger partial charge in [0.1, 0.15) is 0 Å². The van der Waals surface area contributed by atoms with Crippen molar-refractivity contribution < 1.29 is 19.3 Å². The molecule has 110 valence electrons. The second-order valence-electron chi connectivity index (χ2n) is 4.80. The molecule has 5 heteroatoms. The lowest BCUT2D eigenvalue weighted by Crippen LogP contribution is -2.23. The number of nitriles is 1. The van der Waals surface area contributed by atoms with Crippen LogP contribution in [-0.2, 0) is 0 Å². The zero-order valence-corrected chi connectivity index (χ0v) is 12.5. The Labute approximate surface area is 119 Å². The summed E-state index contributed by atoms with van der Waals surface area (Å²) in [6.45, 7) is 3.74. The van der Waals surface area contributed by atoms with E-state index in [0.717, 1.165) is 0 Å². The summed E-state index contributed by atoms with van der Waals surface area (Å²) in [4.78, 5) is 0. The average molecular weight is 279 g/mol. The van der Waals surface area contributed by atoms with Crippen LogP contribution in [0, 0.1) is 17.2 Å². The highest BCUT2D eigenvalue weighted by molar-refractivity contribution is 5.55. The maximum Gasteiger partial charge on any atom is 0.203 e. The van der Waals surface area contributed by atoms with Gasteiger partial charge in [-0.15, -0.1) is 0 Å². The molecule has 0 aliphatic rings. The lowest BCUT2D eigenvalue weighted by molar-refractivity contribution is 0.113. The van der Waals surface area contributed by atoms with Gasteiger partial charge in [-0.3, -0.25) is 0 Å². The number of aliphatic hydroxyl groups excluding tert-OH is 1. The van der Waals surface area contributed by atoms with Gasteiger partial charge in [0.2, 0.25) is 5.75 Å². The molecule has 0 aliphatic heterocycles. The van der Waals surface area contributed by atoms with Crippen molar-refractivity contribution in [2.24, 2.45) is 5.92 Å². The number of aliphatic hydroxyl groups is 1. The van der Waals surface area contributed by atoms with E-state index in [1.807, 2.05) is 13.8 Å². The molecule has 5 nitrogen and oxygen atoms in total. The van der Waals surface area contributed by atoms with Crippen LogP contribution in [0.15, 0.2) is 12.1 Å². The van der Waals surface area contributed by atoms with Gasteiger partial charge in [-0.25, -0.2) is 0 Å². The van der Waals surface area contributed by atoms with E-state index in [4.69, 9.17) is 14.2 Å². The number of methoxy groups -OCH3 is 3. The Morgan fingerprint density at radius 3 is 1.85 bits per heavy atom. The Balaban J connectivity index is 3.34. The van der Waals surface area contributed by atoms with Crippen LogP contribution >= 0.6 is 0 Å². The normalized spacial score (nSPS) is 13.5. The second kappa shape index (κ2) is 7.01. The third kappa shape index (κ3) is 3.14. The van der Waals surface area contributed by atoms with Gasteiger partial charge in [-0.1, -0.05) is 13.8 Å². The smallest absolute Gasteiger partial charge is 0.203 e. The minimum atomic E-state index is -0.761. The molecular weight excluding hydrogens is 258 g/mol. The molecule has 20 heavy (non-hydrogen) atoms. The number of hydrogen-bond donors (Lipinski definition) is 1. The van der Waals surface area contributed by atoms with Gasteiger partial charge >= 0.3 is 0 Å². The number of hydrogen-bond acceptors (Lipinski definition) is 5. The molecular formula is C15H21NO4. The molecule has 1 aromatic rings. The van der Waals surface area contributed by atoms with Crippen LogP contribution in [0.4, 0.5) is 0 Å². The van der Waals surface area contributed by atoms with Crippen LogP contribution in [0.5, 0.6) is 17.2 Å². The van der Waals surface area contributed by atoms with E-state index < -0.39 is 12.0 Å². The summed E-state index contributed by atoms with van der Waals surface area (Å²) in [7, 11) is 4.55. The van der Waals surface area contributed by atoms with Gasteiger partial charge in [-0.2, -0.15) is 5.26 Å². The van der Waals surface area contributed by atoms with Gasteiger partial charge in [-0.05, 0) is 23.6 Å². The van der Waals surface area contributed by atoms with E-state index >= 15 is 0 Å². The standard InChI is InChI=1S/C15H21NO4/c1-9(2)14(17)11(8-16)10-6-12(18-3)15(20-5)13(7-10)19-4/h6-7,9,11,14,17H,1-5H3. The molecule has 0 fully saturated rings. The van der Waals surface area contributed by atoms with E-state index in [2.05, 4.69) is 6.07 Å². The molecule has 1 rings (SSSR count). The summed E-state index contributed by atoms with van der Waals surface area (Å²) in [5.41, 5.74) is 0.642. The zero-order chi connectivity index (χ0) is 15.3. The average Bonchev–Trinajstić information content (AvgIpc) is 2.46. The fourth-order valence-corrected chi connectivity index (χ4v) is 2.01. The van der Waals surface area contributed by atoms with Crippen molar-refractivity contribution in [2.75, 3.05) is 21.3 Å². The summed E-state index contributed by atoms with van der Waals surface area (Å²) < 4.78 is 15.8. The molecule has 2 atom stereocenters. The molecule has 0 aromatic heterocycles. The third-order valence-corrected chi connectivity index (χ3v) is 3.21. The molecule has 0 saturated heterocycles. The minimum Gasteiger partial charge on any atom is -0.493 e.